The quantitative estimate of drug-likeness (QED) is 0.750. The Morgan fingerprint density at radius 3 is 2.75 bits per heavy atom. The summed E-state index contributed by atoms with van der Waals surface area (Å²) in [5.74, 6) is 1.58. The molecule has 1 aromatic rings. The van der Waals surface area contributed by atoms with Crippen LogP contribution >= 0.6 is 0 Å². The fourth-order valence-electron chi connectivity index (χ4n) is 3.98. The summed E-state index contributed by atoms with van der Waals surface area (Å²) in [6.45, 7) is 2.52. The largest absolute Gasteiger partial charge is 0.493 e. The van der Waals surface area contributed by atoms with Crippen molar-refractivity contribution in [1.82, 2.24) is 4.90 Å². The minimum absolute atomic E-state index is 0.102. The standard InChI is InChI=1S/C21H28N2O5/c1-25-19-7-6-15(12-20(19)27-16-4-2-3-5-16)18-13-17(28-22-18)14-21(24)23-8-10-26-11-9-23/h6-7,12,16-17H,2-5,8-11,13-14H2,1H3. The second kappa shape index (κ2) is 8.82. The maximum Gasteiger partial charge on any atom is 0.226 e. The molecular weight excluding hydrogens is 360 g/mol. The number of morpholine rings is 1. The van der Waals surface area contributed by atoms with Crippen LogP contribution in [0.5, 0.6) is 11.5 Å². The number of hydrogen-bond acceptors (Lipinski definition) is 6. The summed E-state index contributed by atoms with van der Waals surface area (Å²) in [6.07, 6.45) is 5.60. The molecule has 1 unspecified atom stereocenters. The van der Waals surface area contributed by atoms with Gasteiger partial charge < -0.3 is 23.9 Å². The highest BCUT2D eigenvalue weighted by atomic mass is 16.6. The van der Waals surface area contributed by atoms with Crippen molar-refractivity contribution in [3.05, 3.63) is 23.8 Å². The normalized spacial score (nSPS) is 22.7. The lowest BCUT2D eigenvalue weighted by molar-refractivity contribution is -0.137. The Labute approximate surface area is 165 Å². The minimum atomic E-state index is -0.216. The van der Waals surface area contributed by atoms with Crippen LogP contribution in [0.15, 0.2) is 23.4 Å². The van der Waals surface area contributed by atoms with E-state index in [9.17, 15) is 4.79 Å². The van der Waals surface area contributed by atoms with E-state index in [4.69, 9.17) is 19.0 Å². The number of hydrogen-bond donors (Lipinski definition) is 0. The highest BCUT2D eigenvalue weighted by Crippen LogP contribution is 2.33. The van der Waals surface area contributed by atoms with Crippen LogP contribution < -0.4 is 9.47 Å². The third-order valence-electron chi connectivity index (χ3n) is 5.59. The molecule has 152 valence electrons. The molecule has 1 amide bonds. The van der Waals surface area contributed by atoms with Gasteiger partial charge in [0, 0.05) is 25.1 Å². The Bertz CT molecular complexity index is 724. The van der Waals surface area contributed by atoms with E-state index in [2.05, 4.69) is 5.16 Å². The summed E-state index contributed by atoms with van der Waals surface area (Å²) in [6, 6.07) is 5.86. The smallest absolute Gasteiger partial charge is 0.226 e. The van der Waals surface area contributed by atoms with E-state index in [0.29, 0.717) is 39.1 Å². The van der Waals surface area contributed by atoms with Crippen LogP contribution in [0.25, 0.3) is 0 Å². The molecule has 2 fully saturated rings. The lowest BCUT2D eigenvalue weighted by Crippen LogP contribution is -2.41. The Balaban J connectivity index is 1.38. The van der Waals surface area contributed by atoms with Gasteiger partial charge in [-0.2, -0.15) is 0 Å². The zero-order valence-corrected chi connectivity index (χ0v) is 16.4. The Morgan fingerprint density at radius 2 is 2.00 bits per heavy atom. The average molecular weight is 388 g/mol. The van der Waals surface area contributed by atoms with Gasteiger partial charge in [0.1, 0.15) is 6.10 Å². The number of ether oxygens (including phenoxy) is 3. The summed E-state index contributed by atoms with van der Waals surface area (Å²) in [7, 11) is 1.65. The molecule has 0 aromatic heterocycles. The minimum Gasteiger partial charge on any atom is -0.493 e. The predicted octanol–water partition coefficient (Wildman–Crippen LogP) is 2.76. The third-order valence-corrected chi connectivity index (χ3v) is 5.59. The van der Waals surface area contributed by atoms with Gasteiger partial charge in [0.25, 0.3) is 0 Å². The van der Waals surface area contributed by atoms with Crippen LogP contribution in [0.1, 0.15) is 44.1 Å². The molecule has 1 atom stereocenters. The number of carbonyl (C=O) groups is 1. The first-order chi connectivity index (χ1) is 13.7. The molecule has 7 heteroatoms. The number of methoxy groups -OCH3 is 1. The summed E-state index contributed by atoms with van der Waals surface area (Å²) >= 11 is 0. The van der Waals surface area contributed by atoms with Crippen LogP contribution in [-0.2, 0) is 14.4 Å². The fourth-order valence-corrected chi connectivity index (χ4v) is 3.98. The van der Waals surface area contributed by atoms with Gasteiger partial charge in [-0.05, 0) is 43.9 Å². The monoisotopic (exact) mass is 388 g/mol. The first-order valence-corrected chi connectivity index (χ1v) is 10.2. The third kappa shape index (κ3) is 4.41. The molecule has 1 aromatic carbocycles. The molecule has 7 nitrogen and oxygen atoms in total. The van der Waals surface area contributed by atoms with Crippen molar-refractivity contribution in [1.29, 1.82) is 0 Å². The highest BCUT2D eigenvalue weighted by Gasteiger charge is 2.28. The topological polar surface area (TPSA) is 69.6 Å². The van der Waals surface area contributed by atoms with Crippen molar-refractivity contribution < 1.29 is 23.8 Å². The summed E-state index contributed by atoms with van der Waals surface area (Å²) < 4.78 is 16.9. The Kier molecular flexibility index (Phi) is 6.00. The van der Waals surface area contributed by atoms with E-state index < -0.39 is 0 Å². The SMILES string of the molecule is COc1ccc(C2=NOC(CC(=O)N3CCOCC3)C2)cc1OC1CCCC1. The van der Waals surface area contributed by atoms with Gasteiger partial charge in [-0.15, -0.1) is 0 Å². The van der Waals surface area contributed by atoms with E-state index in [-0.39, 0.29) is 18.1 Å². The van der Waals surface area contributed by atoms with Crippen molar-refractivity contribution >= 4 is 11.6 Å². The van der Waals surface area contributed by atoms with Crippen LogP contribution in [0.4, 0.5) is 0 Å². The number of oxime groups is 1. The molecule has 4 rings (SSSR count). The van der Waals surface area contributed by atoms with Crippen molar-refractivity contribution in [2.75, 3.05) is 33.4 Å². The number of amides is 1. The molecule has 2 aliphatic heterocycles. The zero-order chi connectivity index (χ0) is 19.3. The molecular formula is C21H28N2O5. The second-order valence-electron chi connectivity index (χ2n) is 7.56. The maximum absolute atomic E-state index is 12.4. The molecule has 1 saturated carbocycles. The molecule has 0 bridgehead atoms. The molecule has 1 aliphatic carbocycles. The van der Waals surface area contributed by atoms with Gasteiger partial charge >= 0.3 is 0 Å². The van der Waals surface area contributed by atoms with Gasteiger partial charge in [0.15, 0.2) is 11.5 Å². The second-order valence-corrected chi connectivity index (χ2v) is 7.56. The van der Waals surface area contributed by atoms with E-state index in [1.165, 1.54) is 12.8 Å². The average Bonchev–Trinajstić information content (AvgIpc) is 3.41. The summed E-state index contributed by atoms with van der Waals surface area (Å²) in [4.78, 5) is 19.8. The fraction of sp³-hybridized carbons (Fsp3) is 0.619. The maximum atomic E-state index is 12.4. The molecule has 0 spiro atoms. The van der Waals surface area contributed by atoms with Gasteiger partial charge in [0.2, 0.25) is 5.91 Å². The van der Waals surface area contributed by atoms with Crippen LogP contribution in [0.3, 0.4) is 0 Å². The van der Waals surface area contributed by atoms with Crippen LogP contribution in [0.2, 0.25) is 0 Å². The van der Waals surface area contributed by atoms with Crippen molar-refractivity contribution in [3.8, 4) is 11.5 Å². The van der Waals surface area contributed by atoms with Gasteiger partial charge in [-0.1, -0.05) is 5.16 Å². The highest BCUT2D eigenvalue weighted by molar-refractivity contribution is 6.02. The molecule has 0 radical (unpaired) electrons. The van der Waals surface area contributed by atoms with E-state index in [1.807, 2.05) is 23.1 Å². The number of carbonyl (C=O) groups excluding carboxylic acids is 1. The molecule has 2 heterocycles. The lowest BCUT2D eigenvalue weighted by atomic mass is 10.0. The molecule has 28 heavy (non-hydrogen) atoms. The molecule has 1 saturated heterocycles. The first-order valence-electron chi connectivity index (χ1n) is 10.2. The summed E-state index contributed by atoms with van der Waals surface area (Å²) in [5.41, 5.74) is 1.80. The number of rotatable bonds is 6. The van der Waals surface area contributed by atoms with Gasteiger partial charge in [0.05, 0.1) is 38.6 Å². The van der Waals surface area contributed by atoms with Gasteiger partial charge in [-0.3, -0.25) is 4.79 Å². The van der Waals surface area contributed by atoms with Crippen molar-refractivity contribution in [3.63, 3.8) is 0 Å². The van der Waals surface area contributed by atoms with E-state index in [0.717, 1.165) is 35.6 Å². The lowest BCUT2D eigenvalue weighted by Gasteiger charge is -2.27. The number of benzene rings is 1. The van der Waals surface area contributed by atoms with Crippen molar-refractivity contribution in [2.45, 2.75) is 50.7 Å². The Hall–Kier alpha value is -2.28. The summed E-state index contributed by atoms with van der Waals surface area (Å²) in [5, 5.41) is 4.24. The predicted molar refractivity (Wildman–Crippen MR) is 104 cm³/mol. The molecule has 0 N–H and O–H groups in total. The Morgan fingerprint density at radius 1 is 1.21 bits per heavy atom. The van der Waals surface area contributed by atoms with E-state index in [1.54, 1.807) is 7.11 Å². The first kappa shape index (κ1) is 19.1. The molecule has 3 aliphatic rings. The number of nitrogens with zero attached hydrogens (tertiary/aromatic N) is 2. The van der Waals surface area contributed by atoms with Crippen LogP contribution in [-0.4, -0.2) is 62.1 Å². The van der Waals surface area contributed by atoms with E-state index >= 15 is 0 Å². The van der Waals surface area contributed by atoms with Gasteiger partial charge in [-0.25, -0.2) is 0 Å². The van der Waals surface area contributed by atoms with Crippen LogP contribution in [0, 0.1) is 0 Å². The zero-order valence-electron chi connectivity index (χ0n) is 16.4. The van der Waals surface area contributed by atoms with Crippen molar-refractivity contribution in [2.24, 2.45) is 5.16 Å².